The van der Waals surface area contributed by atoms with Gasteiger partial charge in [-0.05, 0) is 12.1 Å². The average molecular weight is 254 g/mol. The van der Waals surface area contributed by atoms with Crippen LogP contribution in [-0.4, -0.2) is 15.3 Å². The zero-order chi connectivity index (χ0) is 13.6. The van der Waals surface area contributed by atoms with Crippen LogP contribution in [0.1, 0.15) is 0 Å². The molecule has 0 aromatic heterocycles. The number of hydrogen-bond acceptors (Lipinski definition) is 5. The number of hydrogen-bond donors (Lipinski definition) is 4. The van der Waals surface area contributed by atoms with E-state index in [0.717, 1.165) is 0 Å². The molecule has 3 aromatic rings. The maximum Gasteiger partial charge on any atom is 0.138 e. The molecule has 0 atom stereocenters. The number of phenols is 3. The van der Waals surface area contributed by atoms with Gasteiger partial charge in [0, 0.05) is 10.8 Å². The molecule has 3 rings (SSSR count). The summed E-state index contributed by atoms with van der Waals surface area (Å²) in [5.74, 6) is -0.455. The molecule has 0 aliphatic heterocycles. The first kappa shape index (κ1) is 11.3. The molecule has 3 aromatic carbocycles. The molecule has 0 aliphatic carbocycles. The minimum Gasteiger partial charge on any atom is -0.507 e. The summed E-state index contributed by atoms with van der Waals surface area (Å²) >= 11 is 0. The van der Waals surface area contributed by atoms with Crippen molar-refractivity contribution in [1.82, 2.24) is 0 Å². The van der Waals surface area contributed by atoms with Gasteiger partial charge in [-0.2, -0.15) is 5.11 Å². The number of rotatable bonds is 1. The van der Waals surface area contributed by atoms with Gasteiger partial charge in [-0.3, -0.25) is 0 Å². The minimum atomic E-state index is -0.214. The fourth-order valence-electron chi connectivity index (χ4n) is 2.36. The molecule has 0 spiro atoms. The molecule has 0 bridgehead atoms. The van der Waals surface area contributed by atoms with E-state index in [2.05, 4.69) is 5.11 Å². The second kappa shape index (κ2) is 3.84. The number of phenolic OH excluding ortho intramolecular Hbond substituents is 3. The Morgan fingerprint density at radius 3 is 1.68 bits per heavy atom. The second-order valence-electron chi connectivity index (χ2n) is 4.21. The van der Waals surface area contributed by atoms with Gasteiger partial charge in [0.1, 0.15) is 22.9 Å². The smallest absolute Gasteiger partial charge is 0.138 e. The molecule has 5 heteroatoms. The van der Waals surface area contributed by atoms with E-state index in [0.29, 0.717) is 16.5 Å². The largest absolute Gasteiger partial charge is 0.507 e. The molecule has 94 valence electrons. The lowest BCUT2D eigenvalue weighted by molar-refractivity contribution is 0.460. The monoisotopic (exact) mass is 254 g/mol. The maximum atomic E-state index is 10.3. The van der Waals surface area contributed by atoms with Gasteiger partial charge in [0.2, 0.25) is 0 Å². The van der Waals surface area contributed by atoms with Gasteiger partial charge in [0.15, 0.2) is 0 Å². The van der Waals surface area contributed by atoms with Crippen molar-refractivity contribution in [3.05, 3.63) is 36.4 Å². The van der Waals surface area contributed by atoms with Gasteiger partial charge in [-0.15, -0.1) is 0 Å². The van der Waals surface area contributed by atoms with Crippen molar-refractivity contribution in [1.29, 1.82) is 5.53 Å². The lowest BCUT2D eigenvalue weighted by atomic mass is 9.98. The Hall–Kier alpha value is -2.82. The minimum absolute atomic E-state index is 0.120. The Morgan fingerprint density at radius 1 is 0.789 bits per heavy atom. The zero-order valence-electron chi connectivity index (χ0n) is 9.75. The summed E-state index contributed by atoms with van der Waals surface area (Å²) in [6.07, 6.45) is 0. The highest BCUT2D eigenvalue weighted by Crippen LogP contribution is 2.47. The predicted octanol–water partition coefficient (Wildman–Crippen LogP) is 3.77. The van der Waals surface area contributed by atoms with Crippen LogP contribution in [0.4, 0.5) is 5.69 Å². The van der Waals surface area contributed by atoms with Gasteiger partial charge >= 0.3 is 0 Å². The summed E-state index contributed by atoms with van der Waals surface area (Å²) in [5, 5.41) is 34.8. The van der Waals surface area contributed by atoms with Crippen LogP contribution in [0.15, 0.2) is 41.5 Å². The van der Waals surface area contributed by atoms with Crippen LogP contribution in [-0.2, 0) is 0 Å². The van der Waals surface area contributed by atoms with Crippen LogP contribution in [0.25, 0.3) is 21.5 Å². The third-order valence-corrected chi connectivity index (χ3v) is 3.18. The van der Waals surface area contributed by atoms with E-state index in [9.17, 15) is 15.3 Å². The molecule has 0 saturated heterocycles. The highest BCUT2D eigenvalue weighted by molar-refractivity contribution is 6.17. The van der Waals surface area contributed by atoms with Gasteiger partial charge < -0.3 is 15.3 Å². The topological polar surface area (TPSA) is 96.9 Å². The summed E-state index contributed by atoms with van der Waals surface area (Å²) in [6.45, 7) is 0. The normalized spacial score (nSPS) is 10.9. The maximum absolute atomic E-state index is 10.3. The van der Waals surface area contributed by atoms with E-state index in [4.69, 9.17) is 5.53 Å². The van der Waals surface area contributed by atoms with Crippen LogP contribution < -0.4 is 0 Å². The van der Waals surface area contributed by atoms with E-state index in [1.54, 1.807) is 24.3 Å². The number of nitrogens with one attached hydrogen (secondary N) is 1. The first-order valence-corrected chi connectivity index (χ1v) is 5.61. The molecule has 4 N–H and O–H groups in total. The Labute approximate surface area is 107 Å². The molecule has 5 nitrogen and oxygen atoms in total. The van der Waals surface area contributed by atoms with Crippen molar-refractivity contribution in [2.24, 2.45) is 5.11 Å². The third kappa shape index (κ3) is 1.41. The molecule has 19 heavy (non-hydrogen) atoms. The summed E-state index contributed by atoms with van der Waals surface area (Å²) < 4.78 is 0. The van der Waals surface area contributed by atoms with E-state index in [1.165, 1.54) is 12.1 Å². The number of nitrogens with zero attached hydrogens (tertiary/aromatic N) is 1. The molecular formula is C14H10N2O3. The summed E-state index contributed by atoms with van der Waals surface area (Å²) in [4.78, 5) is 0. The Bertz CT molecular complexity index is 765. The van der Waals surface area contributed by atoms with Crippen molar-refractivity contribution in [3.8, 4) is 17.2 Å². The highest BCUT2D eigenvalue weighted by atomic mass is 16.3. The van der Waals surface area contributed by atoms with Crippen LogP contribution in [0, 0.1) is 5.53 Å². The van der Waals surface area contributed by atoms with Crippen molar-refractivity contribution in [3.63, 3.8) is 0 Å². The Morgan fingerprint density at radius 2 is 1.26 bits per heavy atom. The van der Waals surface area contributed by atoms with Gasteiger partial charge in [-0.25, -0.2) is 5.53 Å². The van der Waals surface area contributed by atoms with Crippen LogP contribution in [0.2, 0.25) is 0 Å². The van der Waals surface area contributed by atoms with Crippen LogP contribution >= 0.6 is 0 Å². The Kier molecular flexibility index (Phi) is 2.28. The number of aromatic hydroxyl groups is 3. The summed E-state index contributed by atoms with van der Waals surface area (Å²) in [6, 6.07) is 9.40. The summed E-state index contributed by atoms with van der Waals surface area (Å²) in [7, 11) is 0. The molecule has 0 saturated carbocycles. The molecule has 0 fully saturated rings. The molecule has 0 aliphatic rings. The van der Waals surface area contributed by atoms with Gasteiger partial charge in [0.25, 0.3) is 0 Å². The zero-order valence-corrected chi connectivity index (χ0v) is 9.75. The third-order valence-electron chi connectivity index (χ3n) is 3.18. The average Bonchev–Trinajstić information content (AvgIpc) is 2.39. The van der Waals surface area contributed by atoms with E-state index < -0.39 is 0 Å². The molecule has 0 unspecified atom stereocenters. The first-order chi connectivity index (χ1) is 9.15. The van der Waals surface area contributed by atoms with E-state index >= 15 is 0 Å². The fourth-order valence-corrected chi connectivity index (χ4v) is 2.36. The van der Waals surface area contributed by atoms with E-state index in [1.807, 2.05) is 0 Å². The van der Waals surface area contributed by atoms with Gasteiger partial charge in [0.05, 0.1) is 10.8 Å². The van der Waals surface area contributed by atoms with Crippen molar-refractivity contribution >= 4 is 27.2 Å². The number of fused-ring (bicyclic) bond motifs is 2. The molecule has 0 radical (unpaired) electrons. The lowest BCUT2D eigenvalue weighted by Crippen LogP contribution is -1.82. The first-order valence-electron chi connectivity index (χ1n) is 5.61. The summed E-state index contributed by atoms with van der Waals surface area (Å²) in [5.41, 5.74) is 7.60. The van der Waals surface area contributed by atoms with Crippen LogP contribution in [0.5, 0.6) is 17.2 Å². The fraction of sp³-hybridized carbons (Fsp3) is 0. The molecule has 0 amide bonds. The van der Waals surface area contributed by atoms with Gasteiger partial charge in [-0.1, -0.05) is 24.3 Å². The predicted molar refractivity (Wildman–Crippen MR) is 71.3 cm³/mol. The quantitative estimate of drug-likeness (QED) is 0.393. The second-order valence-corrected chi connectivity index (χ2v) is 4.21. The van der Waals surface area contributed by atoms with Crippen LogP contribution in [0.3, 0.4) is 0 Å². The Balaban J connectivity index is 2.73. The number of benzene rings is 3. The lowest BCUT2D eigenvalue weighted by Gasteiger charge is -2.11. The highest BCUT2D eigenvalue weighted by Gasteiger charge is 2.17. The molecule has 0 heterocycles. The van der Waals surface area contributed by atoms with E-state index in [-0.39, 0.29) is 28.0 Å². The molecular weight excluding hydrogens is 244 g/mol. The standard InChI is InChI=1S/C14H10N2O3/c15-16-13-7-3-1-5-9(17)11(7)14(19)12-8(13)4-2-6-10(12)18/h1-6,15,17-19H. The van der Waals surface area contributed by atoms with Crippen molar-refractivity contribution in [2.45, 2.75) is 0 Å². The van der Waals surface area contributed by atoms with Crippen molar-refractivity contribution < 1.29 is 15.3 Å². The SMILES string of the molecule is N=Nc1c2cccc(O)c2c(O)c2c(O)cccc12. The van der Waals surface area contributed by atoms with Crippen molar-refractivity contribution in [2.75, 3.05) is 0 Å².